The molecule has 0 saturated carbocycles. The number of anilines is 3. The van der Waals surface area contributed by atoms with Gasteiger partial charge in [-0.25, -0.2) is 0 Å². The van der Waals surface area contributed by atoms with Gasteiger partial charge in [-0.2, -0.15) is 0 Å². The van der Waals surface area contributed by atoms with Crippen LogP contribution in [0.4, 0.5) is 17.1 Å². The summed E-state index contributed by atoms with van der Waals surface area (Å²) in [4.78, 5) is 2.30. The maximum atomic E-state index is 2.36. The van der Waals surface area contributed by atoms with Crippen molar-refractivity contribution in [3.63, 3.8) is 0 Å². The van der Waals surface area contributed by atoms with Crippen LogP contribution >= 0.6 is 0 Å². The van der Waals surface area contributed by atoms with E-state index in [9.17, 15) is 0 Å². The van der Waals surface area contributed by atoms with Crippen LogP contribution in [0.3, 0.4) is 0 Å². The maximum Gasteiger partial charge on any atom is 0.0462 e. The van der Waals surface area contributed by atoms with E-state index in [1.807, 2.05) is 0 Å². The molecular weight excluding hydrogens is 711 g/mol. The minimum Gasteiger partial charge on any atom is -0.311 e. The van der Waals surface area contributed by atoms with Gasteiger partial charge in [-0.3, -0.25) is 0 Å². The molecule has 0 spiro atoms. The largest absolute Gasteiger partial charge is 0.311 e. The molecule has 1 nitrogen and oxygen atoms in total. The molecule has 0 bridgehead atoms. The number of benzene rings is 11. The van der Waals surface area contributed by atoms with Gasteiger partial charge in [0, 0.05) is 17.1 Å². The first-order chi connectivity index (χ1) is 29.2. The van der Waals surface area contributed by atoms with E-state index < -0.39 is 0 Å². The topological polar surface area (TPSA) is 3.24 Å². The van der Waals surface area contributed by atoms with Gasteiger partial charge >= 0.3 is 0 Å². The Hall–Kier alpha value is -7.74. The van der Waals surface area contributed by atoms with Crippen molar-refractivity contribution in [2.45, 2.75) is 0 Å². The van der Waals surface area contributed by atoms with Gasteiger partial charge < -0.3 is 4.90 Å². The molecule has 11 aromatic rings. The Labute approximate surface area is 344 Å². The Morgan fingerprint density at radius 2 is 0.644 bits per heavy atom. The van der Waals surface area contributed by atoms with Crippen molar-refractivity contribution in [2.75, 3.05) is 4.90 Å². The van der Waals surface area contributed by atoms with E-state index in [0.717, 1.165) is 17.1 Å². The lowest BCUT2D eigenvalue weighted by Crippen LogP contribution is -2.09. The molecule has 276 valence electrons. The van der Waals surface area contributed by atoms with Gasteiger partial charge in [-0.05, 0) is 148 Å². The van der Waals surface area contributed by atoms with E-state index >= 15 is 0 Å². The van der Waals surface area contributed by atoms with Crippen LogP contribution in [0, 0.1) is 0 Å². The highest BCUT2D eigenvalue weighted by Crippen LogP contribution is 2.41. The molecule has 0 unspecified atom stereocenters. The molecule has 0 aliphatic heterocycles. The van der Waals surface area contributed by atoms with Crippen molar-refractivity contribution in [1.29, 1.82) is 0 Å². The van der Waals surface area contributed by atoms with E-state index in [0.29, 0.717) is 0 Å². The van der Waals surface area contributed by atoms with Gasteiger partial charge in [0.2, 0.25) is 0 Å². The van der Waals surface area contributed by atoms with Crippen molar-refractivity contribution >= 4 is 60.2 Å². The zero-order valence-corrected chi connectivity index (χ0v) is 32.5. The van der Waals surface area contributed by atoms with Gasteiger partial charge in [-0.1, -0.05) is 176 Å². The minimum absolute atomic E-state index is 1.13. The summed E-state index contributed by atoms with van der Waals surface area (Å²) in [5.41, 5.74) is 13.2. The molecule has 11 rings (SSSR count). The molecule has 0 N–H and O–H groups in total. The van der Waals surface area contributed by atoms with Crippen molar-refractivity contribution in [2.24, 2.45) is 0 Å². The summed E-state index contributed by atoms with van der Waals surface area (Å²) in [6.45, 7) is 0. The zero-order chi connectivity index (χ0) is 39.1. The third-order valence-electron chi connectivity index (χ3n) is 11.8. The van der Waals surface area contributed by atoms with E-state index in [1.165, 1.54) is 87.6 Å². The first kappa shape index (κ1) is 34.5. The van der Waals surface area contributed by atoms with Crippen LogP contribution in [0.15, 0.2) is 237 Å². The van der Waals surface area contributed by atoms with Crippen LogP contribution in [0.2, 0.25) is 0 Å². The van der Waals surface area contributed by atoms with Crippen molar-refractivity contribution in [1.82, 2.24) is 0 Å². The molecule has 0 aliphatic carbocycles. The van der Waals surface area contributed by atoms with Crippen molar-refractivity contribution in [3.8, 4) is 44.5 Å². The fourth-order valence-corrected chi connectivity index (χ4v) is 8.86. The first-order valence-electron chi connectivity index (χ1n) is 20.3. The average Bonchev–Trinajstić information content (AvgIpc) is 3.31. The molecule has 0 aromatic heterocycles. The van der Waals surface area contributed by atoms with E-state index in [2.05, 4.69) is 241 Å². The molecular formula is C58H39N. The molecule has 0 saturated heterocycles. The minimum atomic E-state index is 1.13. The van der Waals surface area contributed by atoms with Gasteiger partial charge in [0.15, 0.2) is 0 Å². The average molecular weight is 750 g/mol. The monoisotopic (exact) mass is 749 g/mol. The summed E-state index contributed by atoms with van der Waals surface area (Å²) < 4.78 is 0. The Bertz CT molecular complexity index is 3260. The van der Waals surface area contributed by atoms with Crippen LogP contribution in [0.5, 0.6) is 0 Å². The summed E-state index contributed by atoms with van der Waals surface area (Å²) in [6, 6.07) is 86.1. The van der Waals surface area contributed by atoms with Gasteiger partial charge in [0.1, 0.15) is 0 Å². The normalized spacial score (nSPS) is 11.4. The fraction of sp³-hybridized carbons (Fsp3) is 0. The molecule has 0 heterocycles. The second-order valence-corrected chi connectivity index (χ2v) is 15.3. The smallest absolute Gasteiger partial charge is 0.0462 e. The second-order valence-electron chi connectivity index (χ2n) is 15.3. The predicted octanol–water partition coefficient (Wildman–Crippen LogP) is 16.4. The van der Waals surface area contributed by atoms with Gasteiger partial charge in [0.25, 0.3) is 0 Å². The molecule has 0 fully saturated rings. The first-order valence-corrected chi connectivity index (χ1v) is 20.3. The third kappa shape index (κ3) is 6.40. The van der Waals surface area contributed by atoms with Gasteiger partial charge in [0.05, 0.1) is 0 Å². The number of rotatable bonds is 7. The van der Waals surface area contributed by atoms with Crippen molar-refractivity contribution in [3.05, 3.63) is 237 Å². The fourth-order valence-electron chi connectivity index (χ4n) is 8.86. The SMILES string of the molecule is c1ccc(-c2c(-c3ccc4c(ccc5cc(-c6ccc7cc(-c8ccc(N(c9ccccc9)c9ccccc9)cc8)ccc7c6)ccc54)c3)ccc3ccccc23)cc1. The number of nitrogens with zero attached hydrogens (tertiary/aromatic N) is 1. The lowest BCUT2D eigenvalue weighted by atomic mass is 9.88. The lowest BCUT2D eigenvalue weighted by Gasteiger charge is -2.25. The molecule has 11 aromatic carbocycles. The quantitative estimate of drug-likeness (QED) is 0.147. The van der Waals surface area contributed by atoms with Crippen LogP contribution in [0.25, 0.3) is 87.6 Å². The Morgan fingerprint density at radius 3 is 1.27 bits per heavy atom. The highest BCUT2D eigenvalue weighted by atomic mass is 15.1. The Morgan fingerprint density at radius 1 is 0.220 bits per heavy atom. The number of fused-ring (bicyclic) bond motifs is 5. The highest BCUT2D eigenvalue weighted by molar-refractivity contribution is 6.11. The Balaban J connectivity index is 0.886. The lowest BCUT2D eigenvalue weighted by molar-refractivity contribution is 1.28. The molecule has 0 atom stereocenters. The van der Waals surface area contributed by atoms with Crippen LogP contribution in [0.1, 0.15) is 0 Å². The molecule has 1 heteroatoms. The van der Waals surface area contributed by atoms with Gasteiger partial charge in [-0.15, -0.1) is 0 Å². The summed E-state index contributed by atoms with van der Waals surface area (Å²) in [5, 5.41) is 10.0. The number of hydrogen-bond acceptors (Lipinski definition) is 1. The zero-order valence-electron chi connectivity index (χ0n) is 32.5. The maximum absolute atomic E-state index is 2.36. The summed E-state index contributed by atoms with van der Waals surface area (Å²) in [7, 11) is 0. The second kappa shape index (κ2) is 14.6. The molecule has 0 aliphatic rings. The molecule has 0 radical (unpaired) electrons. The number of para-hydroxylation sites is 2. The third-order valence-corrected chi connectivity index (χ3v) is 11.8. The van der Waals surface area contributed by atoms with E-state index in [4.69, 9.17) is 0 Å². The Kier molecular flexibility index (Phi) is 8.56. The predicted molar refractivity (Wildman–Crippen MR) is 253 cm³/mol. The van der Waals surface area contributed by atoms with Crippen LogP contribution in [-0.4, -0.2) is 0 Å². The van der Waals surface area contributed by atoms with Crippen molar-refractivity contribution < 1.29 is 0 Å². The van der Waals surface area contributed by atoms with E-state index in [1.54, 1.807) is 0 Å². The summed E-state index contributed by atoms with van der Waals surface area (Å²) >= 11 is 0. The summed E-state index contributed by atoms with van der Waals surface area (Å²) in [6.07, 6.45) is 0. The highest BCUT2D eigenvalue weighted by Gasteiger charge is 2.15. The molecule has 0 amide bonds. The van der Waals surface area contributed by atoms with E-state index in [-0.39, 0.29) is 0 Å². The molecule has 59 heavy (non-hydrogen) atoms. The number of hydrogen-bond donors (Lipinski definition) is 0. The standard InChI is InChI=1S/C58H39N/c1-4-13-42(14-5-1)58-56-19-11-10-12-41(56)28-35-57(58)50-30-34-55-49(39-50)25-24-48-38-47(29-33-54(48)55)46-23-22-44-36-43(20-21-45(44)37-46)40-26-31-53(32-27-40)59(51-15-6-2-7-16-51)52-17-8-3-9-18-52/h1-39H. The van der Waals surface area contributed by atoms with Crippen LogP contribution < -0.4 is 4.90 Å². The summed E-state index contributed by atoms with van der Waals surface area (Å²) in [5.74, 6) is 0. The van der Waals surface area contributed by atoms with Crippen LogP contribution in [-0.2, 0) is 0 Å².